The van der Waals surface area contributed by atoms with Gasteiger partial charge in [0.2, 0.25) is 5.52 Å². The van der Waals surface area contributed by atoms with Crippen LogP contribution in [-0.4, -0.2) is 63.5 Å². The maximum absolute atomic E-state index is 7.91. The van der Waals surface area contributed by atoms with Crippen molar-refractivity contribution >= 4 is 173 Å². The van der Waals surface area contributed by atoms with E-state index in [0.29, 0.717) is 5.52 Å². The molecule has 0 fully saturated rings. The largest absolute Gasteiger partial charge is 0.437 e. The van der Waals surface area contributed by atoms with Crippen LogP contribution in [-0.2, 0) is 46.7 Å². The van der Waals surface area contributed by atoms with E-state index in [2.05, 4.69) is 162 Å². The summed E-state index contributed by atoms with van der Waals surface area (Å²) in [6, 6.07) is 31.2. The van der Waals surface area contributed by atoms with Gasteiger partial charge in [0.05, 0.1) is 101 Å². The van der Waals surface area contributed by atoms with Crippen molar-refractivity contribution in [3.8, 4) is 58.5 Å². The Bertz CT molecular complexity index is 7100. The summed E-state index contributed by atoms with van der Waals surface area (Å²) in [6.45, 7) is 2.10. The van der Waals surface area contributed by atoms with Gasteiger partial charge in [-0.2, -0.15) is 22.8 Å². The van der Waals surface area contributed by atoms with Crippen molar-refractivity contribution in [3.05, 3.63) is 243 Å². The van der Waals surface area contributed by atoms with Crippen LogP contribution in [0.2, 0.25) is 0 Å². The van der Waals surface area contributed by atoms with Gasteiger partial charge in [0, 0.05) is 151 Å². The lowest BCUT2D eigenvalue weighted by Crippen LogP contribution is -2.30. The Balaban J connectivity index is 0.0000000830. The number of thiazole rings is 5. The van der Waals surface area contributed by atoms with Gasteiger partial charge in [-0.05, 0) is 118 Å². The molecule has 0 unspecified atom stereocenters. The molecule has 103 heavy (non-hydrogen) atoms. The molecule has 0 spiro atoms. The van der Waals surface area contributed by atoms with Crippen LogP contribution in [0.25, 0.3) is 163 Å². The van der Waals surface area contributed by atoms with E-state index in [0.717, 1.165) is 80.4 Å². The van der Waals surface area contributed by atoms with Crippen LogP contribution in [0.5, 0.6) is 0 Å². The average Bonchev–Trinajstić information content (AvgIpc) is 1.58. The van der Waals surface area contributed by atoms with Gasteiger partial charge in [-0.1, -0.05) is 29.5 Å². The number of furan rings is 1. The number of pyridine rings is 10. The maximum Gasteiger partial charge on any atom is 0.273 e. The molecule has 19 nitrogen and oxygen atoms in total. The zero-order valence-electron chi connectivity index (χ0n) is 57.2. The maximum atomic E-state index is 7.91. The highest BCUT2D eigenvalue weighted by molar-refractivity contribution is 7.42. The van der Waals surface area contributed by atoms with Crippen LogP contribution in [0, 0.1) is 0 Å². The van der Waals surface area contributed by atoms with Crippen LogP contribution in [0.15, 0.2) is 219 Å². The van der Waals surface area contributed by atoms with Gasteiger partial charge >= 0.3 is 0 Å². The van der Waals surface area contributed by atoms with Crippen LogP contribution in [0.3, 0.4) is 0 Å². The van der Waals surface area contributed by atoms with E-state index in [1.807, 2.05) is 163 Å². The first-order valence-corrected chi connectivity index (χ1v) is 38.0. The molecule has 490 valence electrons. The standard InChI is InChI=1S/C20H13N4S.2C15H11N4S.C14H8N3OS.C14H8N3S2/c1-2-4-14(5-3-1)24-17-11-22-9-7-16(17)18-20(24)25-19-15-6-8-21-10-13(15)12-23(18)19;2*1-18-12-7-17-5-3-11(12)13-15(18)20-14-10-2-4-16-6-9(10)8-19(13)14;2*1-3-15-5-8-7-17-12-10-2-4-16-6-11(10)18-14(12)19-13(17)9(1)8/h1-11H,12H2;2*2-7H,8H2,1H3;2*1-6H,7H2/q5*+1/i;1D3;;;. The summed E-state index contributed by atoms with van der Waals surface area (Å²) in [7, 11) is 2.12. The second-order valence-electron chi connectivity index (χ2n) is 25.6. The summed E-state index contributed by atoms with van der Waals surface area (Å²) in [5.74, 6) is 0. The zero-order chi connectivity index (χ0) is 70.2. The zero-order valence-corrected chi connectivity index (χ0v) is 59.0. The van der Waals surface area contributed by atoms with E-state index < -0.39 is 6.98 Å². The minimum Gasteiger partial charge on any atom is -0.437 e. The van der Waals surface area contributed by atoms with Gasteiger partial charge in [-0.3, -0.25) is 54.4 Å². The summed E-state index contributed by atoms with van der Waals surface area (Å²) in [5, 5.41) is 12.2. The number of para-hydroxylation sites is 1. The van der Waals surface area contributed by atoms with Gasteiger partial charge in [-0.25, -0.2) is 0 Å². The van der Waals surface area contributed by atoms with Crippen LogP contribution in [0.4, 0.5) is 0 Å². The molecular weight excluding hydrogens is 1400 g/mol. The first-order chi connectivity index (χ1) is 52.1. The topological polar surface area (TPSA) is 176 Å². The third kappa shape index (κ3) is 8.83. The van der Waals surface area contributed by atoms with Gasteiger partial charge in [0.25, 0.3) is 52.0 Å². The molecule has 25 heterocycles. The minimum atomic E-state index is -2.23. The monoisotopic (exact) mass is 1450 g/mol. The quantitative estimate of drug-likeness (QED) is 0.143. The lowest BCUT2D eigenvalue weighted by molar-refractivity contribution is -0.641. The molecule has 0 saturated carbocycles. The second kappa shape index (κ2) is 22.9. The summed E-state index contributed by atoms with van der Waals surface area (Å²) in [6.07, 6.45) is 37.5. The molecule has 25 heteroatoms. The highest BCUT2D eigenvalue weighted by Crippen LogP contribution is 2.46. The SMILES string of the molecule is Cn1c2cnccc2c2c1sc1[n+]2Cc2cnccc2-1.[2H]C([2H])([2H])n1c2cnccc2c2c1sc1[n+]2Cc2cnccc2-1.c1cc2c(cn1)C[n+]1c-2sc2oc3cnccc3c21.c1cc2c(cn1)C[n+]1c-2sc2sc3cnccc3c21.c1ccc(-n2c3cnccc3c3c2sc2[n+]3Cc3cnccc3-2)cc1. The molecule has 26 rings (SSSR count). The van der Waals surface area contributed by atoms with Crippen molar-refractivity contribution in [2.45, 2.75) is 32.7 Å². The third-order valence-electron chi connectivity index (χ3n) is 20.1. The van der Waals surface area contributed by atoms with Gasteiger partial charge in [0.1, 0.15) is 0 Å². The molecule has 0 atom stereocenters. The van der Waals surface area contributed by atoms with Crippen LogP contribution < -0.4 is 22.8 Å². The Labute approximate surface area is 611 Å². The van der Waals surface area contributed by atoms with Crippen LogP contribution in [0.1, 0.15) is 31.9 Å². The van der Waals surface area contributed by atoms with E-state index in [-0.39, 0.29) is 0 Å². The lowest BCUT2D eigenvalue weighted by atomic mass is 10.2. The Morgan fingerprint density at radius 3 is 1.27 bits per heavy atom. The summed E-state index contributed by atoms with van der Waals surface area (Å²) in [5.41, 5.74) is 23.9. The molecule has 0 aliphatic carbocycles. The number of aryl methyl sites for hydroxylation is 2. The van der Waals surface area contributed by atoms with E-state index in [4.69, 9.17) is 8.53 Å². The number of rotatable bonds is 1. The first kappa shape index (κ1) is 56.0. The molecule has 0 N–H and O–H groups in total. The molecule has 1 aromatic carbocycles. The van der Waals surface area contributed by atoms with Crippen molar-refractivity contribution in [2.24, 2.45) is 14.0 Å². The van der Waals surface area contributed by atoms with Crippen molar-refractivity contribution in [3.63, 3.8) is 0 Å². The Morgan fingerprint density at radius 1 is 0.350 bits per heavy atom. The lowest BCUT2D eigenvalue weighted by Gasteiger charge is -2.04. The molecule has 20 aromatic heterocycles. The molecule has 5 aliphatic heterocycles. The predicted molar refractivity (Wildman–Crippen MR) is 406 cm³/mol. The van der Waals surface area contributed by atoms with Crippen molar-refractivity contribution in [1.29, 1.82) is 0 Å². The average molecular weight is 1450 g/mol. The fraction of sp³-hybridized carbons (Fsp3) is 0.0897. The van der Waals surface area contributed by atoms with Crippen LogP contribution >= 0.6 is 68.0 Å². The molecule has 5 aliphatic rings. The van der Waals surface area contributed by atoms with E-state index in [1.165, 1.54) is 154 Å². The second-order valence-corrected chi connectivity index (χ2v) is 31.8. The number of hydrogen-bond acceptors (Lipinski definition) is 17. The molecule has 0 amide bonds. The molecule has 21 aromatic rings. The number of hydrogen-bond donors (Lipinski definition) is 0. The number of aromatic nitrogens is 18. The van der Waals surface area contributed by atoms with Crippen molar-refractivity contribution in [1.82, 2.24) is 63.5 Å². The molecule has 0 radical (unpaired) electrons. The molecule has 0 saturated heterocycles. The smallest absolute Gasteiger partial charge is 0.273 e. The van der Waals surface area contributed by atoms with Crippen molar-refractivity contribution in [2.75, 3.05) is 0 Å². The van der Waals surface area contributed by atoms with Gasteiger partial charge in [0.15, 0.2) is 56.8 Å². The molecule has 0 bridgehead atoms. The Hall–Kier alpha value is -11.7. The highest BCUT2D eigenvalue weighted by Gasteiger charge is 2.40. The highest BCUT2D eigenvalue weighted by atomic mass is 32.2. The summed E-state index contributed by atoms with van der Waals surface area (Å²) in [4.78, 5) is 46.5. The Kier molecular flexibility index (Phi) is 12.4. The van der Waals surface area contributed by atoms with Gasteiger partial charge in [-0.15, -0.1) is 11.3 Å². The van der Waals surface area contributed by atoms with E-state index in [1.54, 1.807) is 36.1 Å². The predicted octanol–water partition coefficient (Wildman–Crippen LogP) is 14.9. The normalized spacial score (nSPS) is 13.5. The fourth-order valence-corrected chi connectivity index (χ4v) is 23.3. The summed E-state index contributed by atoms with van der Waals surface area (Å²) >= 11 is 10.6. The number of nitrogens with zero attached hydrogens (tertiary/aromatic N) is 18. The first-order valence-electron chi connectivity index (χ1n) is 34.6. The third-order valence-corrected chi connectivity index (χ3v) is 27.3. The Morgan fingerprint density at radius 2 is 0.738 bits per heavy atom. The van der Waals surface area contributed by atoms with Gasteiger partial charge < -0.3 is 13.6 Å². The van der Waals surface area contributed by atoms with E-state index >= 15 is 0 Å². The van der Waals surface area contributed by atoms with E-state index in [9.17, 15) is 0 Å². The van der Waals surface area contributed by atoms with Crippen molar-refractivity contribution < 1.29 is 31.4 Å². The minimum absolute atomic E-state index is 0.651. The number of fused-ring (bicyclic) bond motifs is 35. The molecular formula is C78H51N18OS6+5. The fourth-order valence-electron chi connectivity index (χ4n) is 15.5. The summed E-state index contributed by atoms with van der Waals surface area (Å²) < 4.78 is 50.0. The number of thiophene rings is 1. The number of benzene rings is 1.